The molecule has 0 saturated carbocycles. The minimum atomic E-state index is -0.268. The van der Waals surface area contributed by atoms with Gasteiger partial charge in [-0.15, -0.1) is 0 Å². The third kappa shape index (κ3) is 5.28. The van der Waals surface area contributed by atoms with Crippen molar-refractivity contribution in [1.82, 2.24) is 0 Å². The van der Waals surface area contributed by atoms with Crippen LogP contribution >= 0.6 is 15.9 Å². The van der Waals surface area contributed by atoms with E-state index < -0.39 is 0 Å². The molecule has 1 rings (SSSR count). The lowest BCUT2D eigenvalue weighted by atomic mass is 10.2. The van der Waals surface area contributed by atoms with Crippen molar-refractivity contribution in [2.24, 2.45) is 0 Å². The summed E-state index contributed by atoms with van der Waals surface area (Å²) < 4.78 is 10.5. The molecule has 0 aliphatic carbocycles. The first-order valence-electron chi connectivity index (χ1n) is 5.09. The first-order chi connectivity index (χ1) is 7.72. The van der Waals surface area contributed by atoms with Crippen molar-refractivity contribution in [2.75, 3.05) is 11.9 Å². The van der Waals surface area contributed by atoms with Gasteiger partial charge < -0.3 is 9.47 Å². The summed E-state index contributed by atoms with van der Waals surface area (Å²) in [5.41, 5.74) is 1.11. The maximum Gasteiger partial charge on any atom is 0.316 e. The lowest BCUT2D eigenvalue weighted by molar-refractivity contribution is -0.147. The lowest BCUT2D eigenvalue weighted by Crippen LogP contribution is -2.20. The minimum Gasteiger partial charge on any atom is -0.460 e. The molecular formula is C12H15BrO3. The summed E-state index contributed by atoms with van der Waals surface area (Å²) in [6.07, 6.45) is -0.214. The summed E-state index contributed by atoms with van der Waals surface area (Å²) in [5, 5.41) is 0.218. The van der Waals surface area contributed by atoms with E-state index in [1.807, 2.05) is 37.3 Å². The van der Waals surface area contributed by atoms with Crippen molar-refractivity contribution in [3.05, 3.63) is 35.9 Å². The van der Waals surface area contributed by atoms with Crippen molar-refractivity contribution in [3.63, 3.8) is 0 Å². The summed E-state index contributed by atoms with van der Waals surface area (Å²) in [4.78, 5) is 10.9. The van der Waals surface area contributed by atoms with Crippen molar-refractivity contribution in [2.45, 2.75) is 19.6 Å². The van der Waals surface area contributed by atoms with Crippen molar-refractivity contribution < 1.29 is 14.3 Å². The smallest absolute Gasteiger partial charge is 0.316 e. The average Bonchev–Trinajstić information content (AvgIpc) is 2.30. The van der Waals surface area contributed by atoms with Crippen LogP contribution in [0.4, 0.5) is 0 Å². The maximum absolute atomic E-state index is 10.9. The quantitative estimate of drug-likeness (QED) is 0.596. The number of carbonyl (C=O) groups excluding carboxylic acids is 1. The van der Waals surface area contributed by atoms with Gasteiger partial charge in [-0.1, -0.05) is 46.3 Å². The Hall–Kier alpha value is -0.870. The number of halogens is 1. The highest BCUT2D eigenvalue weighted by Gasteiger charge is 2.07. The minimum absolute atomic E-state index is 0.214. The number of alkyl halides is 1. The Morgan fingerprint density at radius 1 is 1.38 bits per heavy atom. The van der Waals surface area contributed by atoms with Crippen LogP contribution in [0.15, 0.2) is 30.3 Å². The third-order valence-electron chi connectivity index (χ3n) is 1.91. The van der Waals surface area contributed by atoms with Gasteiger partial charge in [0.1, 0.15) is 11.4 Å². The topological polar surface area (TPSA) is 35.5 Å². The van der Waals surface area contributed by atoms with Crippen molar-refractivity contribution in [3.8, 4) is 0 Å². The van der Waals surface area contributed by atoms with E-state index in [0.29, 0.717) is 13.2 Å². The van der Waals surface area contributed by atoms with Gasteiger partial charge in [0.05, 0.1) is 13.2 Å². The number of rotatable bonds is 6. The number of esters is 1. The molecule has 0 spiro atoms. The zero-order chi connectivity index (χ0) is 11.8. The van der Waals surface area contributed by atoms with E-state index in [1.54, 1.807) is 0 Å². The van der Waals surface area contributed by atoms with Gasteiger partial charge >= 0.3 is 5.97 Å². The molecule has 1 atom stereocenters. The highest BCUT2D eigenvalue weighted by molar-refractivity contribution is 9.09. The molecule has 1 aromatic rings. The third-order valence-corrected chi connectivity index (χ3v) is 2.36. The van der Waals surface area contributed by atoms with Gasteiger partial charge in [0.2, 0.25) is 0 Å². The number of benzene rings is 1. The molecule has 1 aromatic carbocycles. The van der Waals surface area contributed by atoms with Crippen molar-refractivity contribution >= 4 is 21.9 Å². The van der Waals surface area contributed by atoms with E-state index in [1.165, 1.54) is 0 Å². The van der Waals surface area contributed by atoms with Gasteiger partial charge in [-0.25, -0.2) is 0 Å². The SMILES string of the molecule is C[C@@H](COCc1ccccc1)OC(=O)CBr. The van der Waals surface area contributed by atoms with E-state index in [0.717, 1.165) is 5.56 Å². The molecule has 4 heteroatoms. The molecule has 3 nitrogen and oxygen atoms in total. The summed E-state index contributed by atoms with van der Waals surface area (Å²) >= 11 is 3.03. The summed E-state index contributed by atoms with van der Waals surface area (Å²) in [7, 11) is 0. The Morgan fingerprint density at radius 2 is 2.06 bits per heavy atom. The first kappa shape index (κ1) is 13.2. The number of ether oxygens (including phenoxy) is 2. The fourth-order valence-corrected chi connectivity index (χ4v) is 1.34. The maximum atomic E-state index is 10.9. The standard InChI is InChI=1S/C12H15BrO3/c1-10(16-12(14)7-13)8-15-9-11-5-3-2-4-6-11/h2-6,10H,7-9H2,1H3/t10-/m0/s1. The van der Waals surface area contributed by atoms with Crippen LogP contribution in [0.25, 0.3) is 0 Å². The fourth-order valence-electron chi connectivity index (χ4n) is 1.21. The Kier molecular flexibility index (Phi) is 6.11. The van der Waals surface area contributed by atoms with Gasteiger partial charge in [-0.05, 0) is 12.5 Å². The van der Waals surface area contributed by atoms with Gasteiger partial charge in [-0.3, -0.25) is 4.79 Å². The van der Waals surface area contributed by atoms with Gasteiger partial charge in [0.15, 0.2) is 0 Å². The molecule has 0 unspecified atom stereocenters. The summed E-state index contributed by atoms with van der Waals surface area (Å²) in [5.74, 6) is -0.268. The zero-order valence-corrected chi connectivity index (χ0v) is 10.8. The van der Waals surface area contributed by atoms with Crippen LogP contribution in [0, 0.1) is 0 Å². The van der Waals surface area contributed by atoms with Crippen LogP contribution in [-0.2, 0) is 20.9 Å². The van der Waals surface area contributed by atoms with Crippen LogP contribution in [0.3, 0.4) is 0 Å². The molecule has 0 bridgehead atoms. The van der Waals surface area contributed by atoms with Gasteiger partial charge in [0, 0.05) is 0 Å². The summed E-state index contributed by atoms with van der Waals surface area (Å²) in [6.45, 7) is 2.76. The second-order valence-corrected chi connectivity index (χ2v) is 4.00. The zero-order valence-electron chi connectivity index (χ0n) is 9.19. The normalized spacial score (nSPS) is 12.1. The van der Waals surface area contributed by atoms with Gasteiger partial charge in [0.25, 0.3) is 0 Å². The second kappa shape index (κ2) is 7.41. The number of hydrogen-bond donors (Lipinski definition) is 0. The molecule has 16 heavy (non-hydrogen) atoms. The van der Waals surface area contributed by atoms with E-state index in [4.69, 9.17) is 9.47 Å². The molecule has 0 N–H and O–H groups in total. The van der Waals surface area contributed by atoms with E-state index in [-0.39, 0.29) is 17.4 Å². The van der Waals surface area contributed by atoms with E-state index in [2.05, 4.69) is 15.9 Å². The first-order valence-corrected chi connectivity index (χ1v) is 6.21. The monoisotopic (exact) mass is 286 g/mol. The largest absolute Gasteiger partial charge is 0.460 e. The highest BCUT2D eigenvalue weighted by atomic mass is 79.9. The van der Waals surface area contributed by atoms with Crippen LogP contribution in [-0.4, -0.2) is 24.0 Å². The predicted molar refractivity (Wildman–Crippen MR) is 65.4 cm³/mol. The highest BCUT2D eigenvalue weighted by Crippen LogP contribution is 2.02. The van der Waals surface area contributed by atoms with E-state index >= 15 is 0 Å². The molecular weight excluding hydrogens is 272 g/mol. The van der Waals surface area contributed by atoms with Crippen LogP contribution in [0.2, 0.25) is 0 Å². The second-order valence-electron chi connectivity index (χ2n) is 3.43. The molecule has 0 fully saturated rings. The summed E-state index contributed by atoms with van der Waals surface area (Å²) in [6, 6.07) is 9.88. The molecule has 0 aliphatic heterocycles. The molecule has 88 valence electrons. The Balaban J connectivity index is 2.18. The molecule has 0 saturated heterocycles. The van der Waals surface area contributed by atoms with Crippen LogP contribution < -0.4 is 0 Å². The molecule has 0 aromatic heterocycles. The Morgan fingerprint density at radius 3 is 2.69 bits per heavy atom. The predicted octanol–water partition coefficient (Wildman–Crippen LogP) is 2.53. The van der Waals surface area contributed by atoms with Crippen molar-refractivity contribution in [1.29, 1.82) is 0 Å². The fraction of sp³-hybridized carbons (Fsp3) is 0.417. The van der Waals surface area contributed by atoms with Crippen LogP contribution in [0.5, 0.6) is 0 Å². The lowest BCUT2D eigenvalue weighted by Gasteiger charge is -2.12. The van der Waals surface area contributed by atoms with Crippen LogP contribution in [0.1, 0.15) is 12.5 Å². The average molecular weight is 287 g/mol. The molecule has 0 amide bonds. The molecule has 0 heterocycles. The molecule has 0 aliphatic rings. The number of carbonyl (C=O) groups is 1. The Labute approximate surface area is 104 Å². The number of hydrogen-bond acceptors (Lipinski definition) is 3. The Bertz CT molecular complexity index is 313. The van der Waals surface area contributed by atoms with E-state index in [9.17, 15) is 4.79 Å². The molecule has 0 radical (unpaired) electrons. The van der Waals surface area contributed by atoms with Gasteiger partial charge in [-0.2, -0.15) is 0 Å².